The van der Waals surface area contributed by atoms with Gasteiger partial charge >= 0.3 is 6.16 Å². The molecule has 1 aromatic rings. The second-order valence-corrected chi connectivity index (χ2v) is 5.20. The van der Waals surface area contributed by atoms with E-state index in [1.165, 1.54) is 0 Å². The molecule has 0 aliphatic carbocycles. The quantitative estimate of drug-likeness (QED) is 0.798. The van der Waals surface area contributed by atoms with Gasteiger partial charge in [0.1, 0.15) is 11.7 Å². The second kappa shape index (κ2) is 6.57. The van der Waals surface area contributed by atoms with Crippen LogP contribution in [0.4, 0.5) is 4.79 Å². The van der Waals surface area contributed by atoms with Crippen molar-refractivity contribution >= 4 is 6.16 Å². The Morgan fingerprint density at radius 1 is 1.26 bits per heavy atom. The Balaban J connectivity index is 2.99. The van der Waals surface area contributed by atoms with Gasteiger partial charge in [-0.3, -0.25) is 0 Å². The van der Waals surface area contributed by atoms with E-state index in [9.17, 15) is 4.79 Å². The third-order valence-electron chi connectivity index (χ3n) is 3.12. The lowest BCUT2D eigenvalue weighted by Crippen LogP contribution is -2.41. The minimum atomic E-state index is -1.29. The van der Waals surface area contributed by atoms with Crippen molar-refractivity contribution in [2.24, 2.45) is 5.92 Å². The van der Waals surface area contributed by atoms with Crippen LogP contribution in [-0.2, 0) is 15.1 Å². The minimum Gasteiger partial charge on any atom is -0.450 e. The molecule has 1 rings (SSSR count). The zero-order valence-electron chi connectivity index (χ0n) is 11.9. The number of ether oxygens (including phenoxy) is 2. The molecular weight excluding hydrogens is 244 g/mol. The number of rotatable bonds is 6. The largest absolute Gasteiger partial charge is 0.506 e. The predicted molar refractivity (Wildman–Crippen MR) is 73.2 cm³/mol. The molecule has 4 heteroatoms. The van der Waals surface area contributed by atoms with Gasteiger partial charge in [-0.05, 0) is 25.3 Å². The maximum absolute atomic E-state index is 10.7. The third kappa shape index (κ3) is 4.24. The van der Waals surface area contributed by atoms with Crippen LogP contribution in [0.2, 0.25) is 0 Å². The number of hydrogen-bond acceptors (Lipinski definition) is 3. The highest BCUT2D eigenvalue weighted by Crippen LogP contribution is 2.31. The molecule has 0 fully saturated rings. The Labute approximate surface area is 114 Å². The summed E-state index contributed by atoms with van der Waals surface area (Å²) < 4.78 is 10.8. The van der Waals surface area contributed by atoms with Crippen LogP contribution in [0.5, 0.6) is 0 Å². The van der Waals surface area contributed by atoms with Crippen molar-refractivity contribution in [1.29, 1.82) is 0 Å². The summed E-state index contributed by atoms with van der Waals surface area (Å²) in [6.07, 6.45) is -1.88. The van der Waals surface area contributed by atoms with Crippen LogP contribution in [0.15, 0.2) is 30.3 Å². The van der Waals surface area contributed by atoms with Gasteiger partial charge in [0.2, 0.25) is 0 Å². The molecular formula is C15H22O4. The molecule has 0 radical (unpaired) electrons. The molecule has 0 heterocycles. The maximum Gasteiger partial charge on any atom is 0.506 e. The molecule has 1 aromatic carbocycles. The Bertz CT molecular complexity index is 402. The van der Waals surface area contributed by atoms with Gasteiger partial charge in [0.05, 0.1) is 6.61 Å². The highest BCUT2D eigenvalue weighted by Gasteiger charge is 2.37. The Hall–Kier alpha value is -1.55. The van der Waals surface area contributed by atoms with E-state index in [0.717, 1.165) is 5.56 Å². The molecule has 4 nitrogen and oxygen atoms in total. The standard InChI is InChI=1S/C15H22O4/c1-11(2)10-18-15(4,12(3)19-14(16)17)13-8-6-5-7-9-13/h5-9,11-12H,10H2,1-4H3,(H,16,17). The summed E-state index contributed by atoms with van der Waals surface area (Å²) in [7, 11) is 0. The molecule has 2 atom stereocenters. The molecule has 1 N–H and O–H groups in total. The van der Waals surface area contributed by atoms with Gasteiger partial charge in [0.25, 0.3) is 0 Å². The molecule has 0 saturated carbocycles. The summed E-state index contributed by atoms with van der Waals surface area (Å²) in [5, 5.41) is 8.79. The molecule has 0 aromatic heterocycles. The topological polar surface area (TPSA) is 55.8 Å². The van der Waals surface area contributed by atoms with Crippen molar-refractivity contribution in [2.45, 2.75) is 39.4 Å². The summed E-state index contributed by atoms with van der Waals surface area (Å²) in [6, 6.07) is 9.55. The fraction of sp³-hybridized carbons (Fsp3) is 0.533. The predicted octanol–water partition coefficient (Wildman–Crippen LogP) is 3.66. The van der Waals surface area contributed by atoms with Gasteiger partial charge in [0.15, 0.2) is 0 Å². The highest BCUT2D eigenvalue weighted by atomic mass is 16.7. The Morgan fingerprint density at radius 3 is 2.32 bits per heavy atom. The van der Waals surface area contributed by atoms with Crippen LogP contribution in [0.1, 0.15) is 33.3 Å². The lowest BCUT2D eigenvalue weighted by molar-refractivity contribution is -0.127. The van der Waals surface area contributed by atoms with E-state index in [1.807, 2.05) is 51.1 Å². The van der Waals surface area contributed by atoms with Crippen LogP contribution in [0.3, 0.4) is 0 Å². The molecule has 0 aliphatic rings. The summed E-state index contributed by atoms with van der Waals surface area (Å²) >= 11 is 0. The smallest absolute Gasteiger partial charge is 0.450 e. The molecule has 0 bridgehead atoms. The van der Waals surface area contributed by atoms with Gasteiger partial charge in [-0.25, -0.2) is 4.79 Å². The lowest BCUT2D eigenvalue weighted by atomic mass is 9.90. The first-order valence-electron chi connectivity index (χ1n) is 6.45. The van der Waals surface area contributed by atoms with E-state index in [2.05, 4.69) is 0 Å². The average molecular weight is 266 g/mol. The van der Waals surface area contributed by atoms with Gasteiger partial charge < -0.3 is 14.6 Å². The van der Waals surface area contributed by atoms with Crippen LogP contribution in [-0.4, -0.2) is 24.0 Å². The number of benzene rings is 1. The fourth-order valence-corrected chi connectivity index (χ4v) is 1.81. The van der Waals surface area contributed by atoms with E-state index >= 15 is 0 Å². The molecule has 0 aliphatic heterocycles. The van der Waals surface area contributed by atoms with Gasteiger partial charge in [-0.2, -0.15) is 0 Å². The molecule has 0 spiro atoms. The van der Waals surface area contributed by atoms with Crippen molar-refractivity contribution in [2.75, 3.05) is 6.61 Å². The normalized spacial score (nSPS) is 15.8. The van der Waals surface area contributed by atoms with E-state index in [-0.39, 0.29) is 0 Å². The zero-order chi connectivity index (χ0) is 14.5. The fourth-order valence-electron chi connectivity index (χ4n) is 1.81. The van der Waals surface area contributed by atoms with E-state index < -0.39 is 17.9 Å². The highest BCUT2D eigenvalue weighted by molar-refractivity contribution is 5.57. The molecule has 2 unspecified atom stereocenters. The number of carbonyl (C=O) groups is 1. The first-order chi connectivity index (χ1) is 8.86. The summed E-state index contributed by atoms with van der Waals surface area (Å²) in [6.45, 7) is 8.21. The summed E-state index contributed by atoms with van der Waals surface area (Å²) in [4.78, 5) is 10.7. The van der Waals surface area contributed by atoms with E-state index in [4.69, 9.17) is 14.6 Å². The third-order valence-corrected chi connectivity index (χ3v) is 3.12. The molecule has 19 heavy (non-hydrogen) atoms. The average Bonchev–Trinajstić information content (AvgIpc) is 2.36. The second-order valence-electron chi connectivity index (χ2n) is 5.20. The SMILES string of the molecule is CC(C)COC(C)(c1ccccc1)C(C)OC(=O)O. The van der Waals surface area contributed by atoms with Crippen LogP contribution < -0.4 is 0 Å². The van der Waals surface area contributed by atoms with Gasteiger partial charge in [0, 0.05) is 0 Å². The first-order valence-corrected chi connectivity index (χ1v) is 6.45. The zero-order valence-corrected chi connectivity index (χ0v) is 11.9. The van der Waals surface area contributed by atoms with Crippen molar-refractivity contribution in [3.63, 3.8) is 0 Å². The Kier molecular flexibility index (Phi) is 5.36. The number of hydrogen-bond donors (Lipinski definition) is 1. The van der Waals surface area contributed by atoms with Crippen LogP contribution >= 0.6 is 0 Å². The van der Waals surface area contributed by atoms with Crippen molar-refractivity contribution in [3.05, 3.63) is 35.9 Å². The molecule has 106 valence electrons. The molecule has 0 saturated heterocycles. The summed E-state index contributed by atoms with van der Waals surface area (Å²) in [5.41, 5.74) is 0.119. The van der Waals surface area contributed by atoms with E-state index in [0.29, 0.717) is 12.5 Å². The maximum atomic E-state index is 10.7. The van der Waals surface area contributed by atoms with Crippen molar-refractivity contribution < 1.29 is 19.4 Å². The Morgan fingerprint density at radius 2 is 1.84 bits per heavy atom. The van der Waals surface area contributed by atoms with Crippen LogP contribution in [0, 0.1) is 5.92 Å². The van der Waals surface area contributed by atoms with Crippen molar-refractivity contribution in [3.8, 4) is 0 Å². The van der Waals surface area contributed by atoms with E-state index in [1.54, 1.807) is 6.92 Å². The van der Waals surface area contributed by atoms with Crippen LogP contribution in [0.25, 0.3) is 0 Å². The van der Waals surface area contributed by atoms with Crippen molar-refractivity contribution in [1.82, 2.24) is 0 Å². The molecule has 0 amide bonds. The van der Waals surface area contributed by atoms with Gasteiger partial charge in [-0.1, -0.05) is 44.2 Å². The number of carboxylic acid groups (broad SMARTS) is 1. The summed E-state index contributed by atoms with van der Waals surface area (Å²) in [5.74, 6) is 0.361. The lowest BCUT2D eigenvalue weighted by Gasteiger charge is -2.35. The monoisotopic (exact) mass is 266 g/mol. The van der Waals surface area contributed by atoms with Gasteiger partial charge in [-0.15, -0.1) is 0 Å². The first kappa shape index (κ1) is 15.5. The minimum absolute atomic E-state index is 0.361.